The number of benzene rings is 1. The van der Waals surface area contributed by atoms with Gasteiger partial charge in [0.15, 0.2) is 6.29 Å². The molecule has 8 nitrogen and oxygen atoms in total. The molecule has 0 aliphatic heterocycles. The van der Waals surface area contributed by atoms with E-state index in [1.807, 2.05) is 30.3 Å². The minimum absolute atomic E-state index is 0.197. The van der Waals surface area contributed by atoms with Crippen LogP contribution >= 0.6 is 0 Å². The Labute approximate surface area is 154 Å². The summed E-state index contributed by atoms with van der Waals surface area (Å²) in [5.74, 6) is -1.27. The molecular formula is C19H17N3O5. The predicted molar refractivity (Wildman–Crippen MR) is 99.8 cm³/mol. The van der Waals surface area contributed by atoms with Crippen molar-refractivity contribution < 1.29 is 19.9 Å². The van der Waals surface area contributed by atoms with Crippen LogP contribution < -0.4 is 5.43 Å². The third kappa shape index (κ3) is 4.63. The molecule has 0 radical (unpaired) electrons. The fourth-order valence-electron chi connectivity index (χ4n) is 2.34. The molecular weight excluding hydrogens is 350 g/mol. The van der Waals surface area contributed by atoms with Crippen molar-refractivity contribution in [3.05, 3.63) is 75.7 Å². The summed E-state index contributed by atoms with van der Waals surface area (Å²) >= 11 is 0. The number of aromatic carboxylic acids is 1. The van der Waals surface area contributed by atoms with E-state index in [4.69, 9.17) is 10.3 Å². The third-order valence-electron chi connectivity index (χ3n) is 3.64. The molecule has 2 aromatic heterocycles. The second-order valence-corrected chi connectivity index (χ2v) is 5.34. The Morgan fingerprint density at radius 2 is 1.93 bits per heavy atom. The number of pyridine rings is 2. The number of nitrogens with zero attached hydrogens (tertiary/aromatic N) is 3. The Balaban J connectivity index is 0.000000244. The number of hydrogen-bond donors (Lipinski definition) is 2. The first-order valence-corrected chi connectivity index (χ1v) is 7.97. The highest BCUT2D eigenvalue weighted by Crippen LogP contribution is 2.10. The Bertz CT molecular complexity index is 1040. The number of carboxylic acid groups (broad SMARTS) is 1. The lowest BCUT2D eigenvalue weighted by molar-refractivity contribution is 0.0694. The average Bonchev–Trinajstić information content (AvgIpc) is 2.69. The van der Waals surface area contributed by atoms with Gasteiger partial charge in [0.2, 0.25) is 5.43 Å². The summed E-state index contributed by atoms with van der Waals surface area (Å²) in [4.78, 5) is 37.6. The van der Waals surface area contributed by atoms with Crippen LogP contribution in [0.2, 0.25) is 0 Å². The lowest BCUT2D eigenvalue weighted by atomic mass is 10.2. The molecule has 0 spiro atoms. The maximum atomic E-state index is 11.9. The Morgan fingerprint density at radius 3 is 2.48 bits per heavy atom. The van der Waals surface area contributed by atoms with E-state index in [2.05, 4.69) is 10.1 Å². The molecule has 2 heterocycles. The molecule has 27 heavy (non-hydrogen) atoms. The molecule has 3 rings (SSSR count). The van der Waals surface area contributed by atoms with E-state index in [9.17, 15) is 14.4 Å². The van der Waals surface area contributed by atoms with Gasteiger partial charge >= 0.3 is 5.97 Å². The predicted octanol–water partition coefficient (Wildman–Crippen LogP) is 2.42. The first-order valence-electron chi connectivity index (χ1n) is 7.97. The highest BCUT2D eigenvalue weighted by Gasteiger charge is 2.14. The lowest BCUT2D eigenvalue weighted by Gasteiger charge is -2.09. The maximum Gasteiger partial charge on any atom is 0.341 e. The van der Waals surface area contributed by atoms with Gasteiger partial charge in [-0.05, 0) is 24.6 Å². The topological polar surface area (TPSA) is 122 Å². The number of aryl methyl sites for hydroxylation is 1. The molecule has 0 aliphatic carbocycles. The normalized spacial score (nSPS) is 10.4. The van der Waals surface area contributed by atoms with Gasteiger partial charge in [-0.1, -0.05) is 35.5 Å². The highest BCUT2D eigenvalue weighted by molar-refractivity contribution is 5.92. The maximum absolute atomic E-state index is 11.9. The van der Waals surface area contributed by atoms with Gasteiger partial charge in [-0.2, -0.15) is 0 Å². The van der Waals surface area contributed by atoms with Crippen LogP contribution in [-0.4, -0.2) is 38.3 Å². The number of rotatable bonds is 4. The summed E-state index contributed by atoms with van der Waals surface area (Å²) < 4.78 is 1.53. The van der Waals surface area contributed by atoms with Gasteiger partial charge in [-0.3, -0.25) is 9.59 Å². The van der Waals surface area contributed by atoms with Crippen LogP contribution in [0.5, 0.6) is 0 Å². The van der Waals surface area contributed by atoms with Gasteiger partial charge in [-0.15, -0.1) is 0 Å². The Morgan fingerprint density at radius 1 is 1.22 bits per heavy atom. The third-order valence-corrected chi connectivity index (χ3v) is 3.64. The van der Waals surface area contributed by atoms with E-state index in [1.165, 1.54) is 29.1 Å². The number of oxime groups is 1. The van der Waals surface area contributed by atoms with Gasteiger partial charge in [0.05, 0.1) is 11.6 Å². The van der Waals surface area contributed by atoms with Crippen molar-refractivity contribution in [1.29, 1.82) is 0 Å². The fraction of sp³-hybridized carbons (Fsp3) is 0.105. The van der Waals surface area contributed by atoms with E-state index < -0.39 is 11.4 Å². The van der Waals surface area contributed by atoms with Crippen LogP contribution in [-0.2, 0) is 6.54 Å². The summed E-state index contributed by atoms with van der Waals surface area (Å²) in [6.07, 6.45) is 3.21. The average molecular weight is 367 g/mol. The SMILES string of the molecule is CCn1cc(C(=O)O)c(=O)c2ccc(C=O)nc21.ON=Cc1ccccc1. The van der Waals surface area contributed by atoms with Crippen molar-refractivity contribution in [2.24, 2.45) is 5.16 Å². The lowest BCUT2D eigenvalue weighted by Crippen LogP contribution is -2.19. The van der Waals surface area contributed by atoms with E-state index in [0.29, 0.717) is 18.5 Å². The van der Waals surface area contributed by atoms with E-state index in [-0.39, 0.29) is 16.6 Å². The van der Waals surface area contributed by atoms with Crippen molar-refractivity contribution in [3.63, 3.8) is 0 Å². The van der Waals surface area contributed by atoms with E-state index >= 15 is 0 Å². The molecule has 0 saturated carbocycles. The summed E-state index contributed by atoms with van der Waals surface area (Å²) in [7, 11) is 0. The molecule has 1 aromatic carbocycles. The molecule has 0 atom stereocenters. The molecule has 3 aromatic rings. The number of fused-ring (bicyclic) bond motifs is 1. The van der Waals surface area contributed by atoms with Crippen LogP contribution in [0.1, 0.15) is 33.3 Å². The van der Waals surface area contributed by atoms with Crippen molar-refractivity contribution in [2.45, 2.75) is 13.5 Å². The molecule has 0 saturated heterocycles. The van der Waals surface area contributed by atoms with Crippen LogP contribution in [0.3, 0.4) is 0 Å². The summed E-state index contributed by atoms with van der Waals surface area (Å²) in [5.41, 5.74) is 0.529. The van der Waals surface area contributed by atoms with Gasteiger partial charge in [0.1, 0.15) is 16.9 Å². The van der Waals surface area contributed by atoms with Crippen LogP contribution in [0.25, 0.3) is 11.0 Å². The Kier molecular flexibility index (Phi) is 6.54. The number of aldehydes is 1. The quantitative estimate of drug-likeness (QED) is 0.316. The fourth-order valence-corrected chi connectivity index (χ4v) is 2.34. The van der Waals surface area contributed by atoms with Crippen molar-refractivity contribution in [2.75, 3.05) is 0 Å². The van der Waals surface area contributed by atoms with E-state index in [1.54, 1.807) is 6.92 Å². The second-order valence-electron chi connectivity index (χ2n) is 5.34. The second kappa shape index (κ2) is 9.04. The highest BCUT2D eigenvalue weighted by atomic mass is 16.4. The van der Waals surface area contributed by atoms with Gasteiger partial charge < -0.3 is 14.9 Å². The number of carboxylic acids is 1. The number of aromatic nitrogens is 2. The standard InChI is InChI=1S/C12H10N2O4.C7H7NO/c1-2-14-5-9(12(17)18)10(16)8-4-3-7(6-15)13-11(8)14;9-8-6-7-4-2-1-3-5-7/h3-6H,2H2,1H3,(H,17,18);1-6,9H. The van der Waals surface area contributed by atoms with Crippen LogP contribution in [0, 0.1) is 0 Å². The summed E-state index contributed by atoms with van der Waals surface area (Å²) in [5, 5.41) is 20.1. The Hall–Kier alpha value is -3.81. The molecule has 0 aliphatic rings. The number of carbonyl (C=O) groups is 2. The number of carbonyl (C=O) groups excluding carboxylic acids is 1. The van der Waals surface area contributed by atoms with Crippen LogP contribution in [0.15, 0.2) is 58.6 Å². The van der Waals surface area contributed by atoms with Gasteiger partial charge in [0, 0.05) is 12.7 Å². The van der Waals surface area contributed by atoms with E-state index in [0.717, 1.165) is 5.56 Å². The zero-order chi connectivity index (χ0) is 19.8. The van der Waals surface area contributed by atoms with Crippen molar-refractivity contribution in [3.8, 4) is 0 Å². The summed E-state index contributed by atoms with van der Waals surface area (Å²) in [6, 6.07) is 12.2. The molecule has 0 bridgehead atoms. The minimum Gasteiger partial charge on any atom is -0.477 e. The zero-order valence-electron chi connectivity index (χ0n) is 14.4. The molecule has 8 heteroatoms. The summed E-state index contributed by atoms with van der Waals surface area (Å²) in [6.45, 7) is 2.25. The first kappa shape index (κ1) is 19.5. The number of hydrogen-bond acceptors (Lipinski definition) is 6. The smallest absolute Gasteiger partial charge is 0.341 e. The molecule has 138 valence electrons. The first-order chi connectivity index (χ1) is 13.0. The van der Waals surface area contributed by atoms with Crippen LogP contribution in [0.4, 0.5) is 0 Å². The van der Waals surface area contributed by atoms with Crippen molar-refractivity contribution in [1.82, 2.24) is 9.55 Å². The molecule has 2 N–H and O–H groups in total. The molecule has 0 unspecified atom stereocenters. The molecule has 0 fully saturated rings. The van der Waals surface area contributed by atoms with Gasteiger partial charge in [0.25, 0.3) is 0 Å². The largest absolute Gasteiger partial charge is 0.477 e. The zero-order valence-corrected chi connectivity index (χ0v) is 14.4. The molecule has 0 amide bonds. The van der Waals surface area contributed by atoms with Gasteiger partial charge in [-0.25, -0.2) is 9.78 Å². The minimum atomic E-state index is -1.27. The van der Waals surface area contributed by atoms with Crippen molar-refractivity contribution >= 4 is 29.5 Å². The monoisotopic (exact) mass is 367 g/mol.